The van der Waals surface area contributed by atoms with Crippen LogP contribution >= 0.6 is 23.5 Å². The Morgan fingerprint density at radius 3 is 1.82 bits per heavy atom. The standard InChI is InChI=1S/C8H14OS2/c1-6(2)7(5-9)8(10-3)11-4/h5-6H,1-4H3. The quantitative estimate of drug-likeness (QED) is 0.501. The summed E-state index contributed by atoms with van der Waals surface area (Å²) in [7, 11) is 0. The van der Waals surface area contributed by atoms with Crippen LogP contribution in [0.1, 0.15) is 13.8 Å². The number of aldehydes is 1. The molecule has 11 heavy (non-hydrogen) atoms. The van der Waals surface area contributed by atoms with Gasteiger partial charge in [-0.3, -0.25) is 4.79 Å². The number of carbonyl (C=O) groups is 1. The van der Waals surface area contributed by atoms with E-state index < -0.39 is 0 Å². The van der Waals surface area contributed by atoms with Gasteiger partial charge in [-0.25, -0.2) is 0 Å². The lowest BCUT2D eigenvalue weighted by Crippen LogP contribution is -1.97. The fourth-order valence-corrected chi connectivity index (χ4v) is 2.44. The highest BCUT2D eigenvalue weighted by molar-refractivity contribution is 8.21. The molecule has 0 rings (SSSR count). The summed E-state index contributed by atoms with van der Waals surface area (Å²) < 4.78 is 1.13. The summed E-state index contributed by atoms with van der Waals surface area (Å²) in [6.07, 6.45) is 4.96. The van der Waals surface area contributed by atoms with Crippen molar-refractivity contribution >= 4 is 29.8 Å². The minimum absolute atomic E-state index is 0.336. The fourth-order valence-electron chi connectivity index (χ4n) is 0.739. The first-order valence-corrected chi connectivity index (χ1v) is 5.89. The van der Waals surface area contributed by atoms with Gasteiger partial charge in [0, 0.05) is 9.81 Å². The zero-order valence-corrected chi connectivity index (χ0v) is 9.01. The molecule has 0 aromatic rings. The van der Waals surface area contributed by atoms with Gasteiger partial charge in [-0.15, -0.1) is 23.5 Å². The molecule has 0 N–H and O–H groups in total. The molecule has 0 aliphatic carbocycles. The third-order valence-electron chi connectivity index (χ3n) is 1.36. The van der Waals surface area contributed by atoms with Crippen LogP contribution in [0.2, 0.25) is 0 Å². The lowest BCUT2D eigenvalue weighted by atomic mass is 10.1. The molecule has 0 aromatic heterocycles. The van der Waals surface area contributed by atoms with Gasteiger partial charge < -0.3 is 0 Å². The maximum atomic E-state index is 10.6. The molecule has 0 unspecified atom stereocenters. The van der Waals surface area contributed by atoms with Gasteiger partial charge in [0.25, 0.3) is 0 Å². The number of allylic oxidation sites excluding steroid dienone is 1. The van der Waals surface area contributed by atoms with Gasteiger partial charge in [0.05, 0.1) is 0 Å². The van der Waals surface area contributed by atoms with E-state index in [-0.39, 0.29) is 0 Å². The topological polar surface area (TPSA) is 17.1 Å². The third kappa shape index (κ3) is 3.34. The van der Waals surface area contributed by atoms with E-state index in [0.29, 0.717) is 5.92 Å². The van der Waals surface area contributed by atoms with Crippen LogP contribution in [0, 0.1) is 5.92 Å². The molecular weight excluding hydrogens is 176 g/mol. The molecule has 0 aromatic carbocycles. The number of carbonyl (C=O) groups excluding carboxylic acids is 1. The molecule has 0 aliphatic heterocycles. The molecule has 3 heteroatoms. The van der Waals surface area contributed by atoms with Crippen molar-refractivity contribution in [2.75, 3.05) is 12.5 Å². The molecule has 64 valence electrons. The van der Waals surface area contributed by atoms with E-state index in [1.54, 1.807) is 23.5 Å². The summed E-state index contributed by atoms with van der Waals surface area (Å²) in [5, 5.41) is 0. The summed E-state index contributed by atoms with van der Waals surface area (Å²) in [6.45, 7) is 4.08. The molecule has 0 radical (unpaired) electrons. The van der Waals surface area contributed by atoms with Crippen molar-refractivity contribution in [2.24, 2.45) is 5.92 Å². The SMILES string of the molecule is CSC(SC)=C(C=O)C(C)C. The molecule has 0 atom stereocenters. The van der Waals surface area contributed by atoms with Crippen LogP contribution in [0.3, 0.4) is 0 Å². The molecule has 0 saturated carbocycles. The van der Waals surface area contributed by atoms with Gasteiger partial charge in [-0.1, -0.05) is 13.8 Å². The molecule has 0 bridgehead atoms. The maximum absolute atomic E-state index is 10.6. The molecule has 0 amide bonds. The molecular formula is C8H14OS2. The predicted octanol–water partition coefficient (Wildman–Crippen LogP) is 2.78. The smallest absolute Gasteiger partial charge is 0.147 e. The van der Waals surface area contributed by atoms with Crippen LogP contribution in [0.5, 0.6) is 0 Å². The first-order valence-electron chi connectivity index (χ1n) is 3.44. The average molecular weight is 190 g/mol. The maximum Gasteiger partial charge on any atom is 0.147 e. The summed E-state index contributed by atoms with van der Waals surface area (Å²) in [5.41, 5.74) is 0.921. The summed E-state index contributed by atoms with van der Waals surface area (Å²) in [6, 6.07) is 0. The highest BCUT2D eigenvalue weighted by Gasteiger charge is 2.07. The van der Waals surface area contributed by atoms with Crippen molar-refractivity contribution in [3.05, 3.63) is 9.81 Å². The van der Waals surface area contributed by atoms with E-state index in [0.717, 1.165) is 16.1 Å². The second kappa shape index (κ2) is 5.72. The van der Waals surface area contributed by atoms with Crippen LogP contribution in [0.4, 0.5) is 0 Å². The van der Waals surface area contributed by atoms with Crippen LogP contribution in [0.15, 0.2) is 9.81 Å². The van der Waals surface area contributed by atoms with Crippen LogP contribution in [0.25, 0.3) is 0 Å². The minimum Gasteiger partial charge on any atom is -0.298 e. The fraction of sp³-hybridized carbons (Fsp3) is 0.625. The molecule has 1 nitrogen and oxygen atoms in total. The second-order valence-corrected chi connectivity index (χ2v) is 4.32. The Kier molecular flexibility index (Phi) is 5.78. The monoisotopic (exact) mass is 190 g/mol. The molecule has 0 saturated heterocycles. The van der Waals surface area contributed by atoms with Crippen molar-refractivity contribution in [3.8, 4) is 0 Å². The number of thioether (sulfide) groups is 2. The molecule has 0 fully saturated rings. The van der Waals surface area contributed by atoms with Crippen LogP contribution in [-0.4, -0.2) is 18.8 Å². The Labute approximate surface area is 77.0 Å². The molecule has 0 heterocycles. The van der Waals surface area contributed by atoms with E-state index in [4.69, 9.17) is 0 Å². The highest BCUT2D eigenvalue weighted by Crippen LogP contribution is 2.29. The van der Waals surface area contributed by atoms with Crippen LogP contribution in [-0.2, 0) is 4.79 Å². The van der Waals surface area contributed by atoms with Gasteiger partial charge in [-0.05, 0) is 18.4 Å². The van der Waals surface area contributed by atoms with Gasteiger partial charge in [0.1, 0.15) is 6.29 Å². The predicted molar refractivity (Wildman–Crippen MR) is 55.0 cm³/mol. The minimum atomic E-state index is 0.336. The average Bonchev–Trinajstić information content (AvgIpc) is 1.99. The summed E-state index contributed by atoms with van der Waals surface area (Å²) in [4.78, 5) is 10.6. The summed E-state index contributed by atoms with van der Waals surface area (Å²) >= 11 is 3.28. The van der Waals surface area contributed by atoms with Crippen molar-refractivity contribution < 1.29 is 4.79 Å². The normalized spacial score (nSPS) is 9.91. The van der Waals surface area contributed by atoms with Crippen molar-refractivity contribution in [2.45, 2.75) is 13.8 Å². The van der Waals surface area contributed by atoms with Gasteiger partial charge in [0.2, 0.25) is 0 Å². The highest BCUT2D eigenvalue weighted by atomic mass is 32.2. The Balaban J connectivity index is 4.62. The van der Waals surface area contributed by atoms with Gasteiger partial charge in [0.15, 0.2) is 0 Å². The van der Waals surface area contributed by atoms with E-state index in [1.165, 1.54) is 0 Å². The van der Waals surface area contributed by atoms with Crippen molar-refractivity contribution in [1.29, 1.82) is 0 Å². The Morgan fingerprint density at radius 1 is 1.27 bits per heavy atom. The first-order chi connectivity index (χ1) is 5.17. The number of hydrogen-bond donors (Lipinski definition) is 0. The third-order valence-corrected chi connectivity index (χ3v) is 3.57. The first kappa shape index (κ1) is 11.1. The summed E-state index contributed by atoms with van der Waals surface area (Å²) in [5.74, 6) is 0.336. The largest absolute Gasteiger partial charge is 0.298 e. The lowest BCUT2D eigenvalue weighted by molar-refractivity contribution is -0.105. The van der Waals surface area contributed by atoms with E-state index in [1.807, 2.05) is 26.4 Å². The Bertz CT molecular complexity index is 155. The number of hydrogen-bond acceptors (Lipinski definition) is 3. The Hall–Kier alpha value is 0.110. The lowest BCUT2D eigenvalue weighted by Gasteiger charge is -2.08. The molecule has 0 aliphatic rings. The zero-order chi connectivity index (χ0) is 8.85. The van der Waals surface area contributed by atoms with Gasteiger partial charge >= 0.3 is 0 Å². The second-order valence-electron chi connectivity index (χ2n) is 2.42. The van der Waals surface area contributed by atoms with E-state index in [2.05, 4.69) is 0 Å². The zero-order valence-electron chi connectivity index (χ0n) is 7.38. The van der Waals surface area contributed by atoms with Gasteiger partial charge in [-0.2, -0.15) is 0 Å². The van der Waals surface area contributed by atoms with Crippen LogP contribution < -0.4 is 0 Å². The van der Waals surface area contributed by atoms with Crippen molar-refractivity contribution in [1.82, 2.24) is 0 Å². The Morgan fingerprint density at radius 2 is 1.73 bits per heavy atom. The van der Waals surface area contributed by atoms with E-state index >= 15 is 0 Å². The molecule has 0 spiro atoms. The number of rotatable bonds is 4. The van der Waals surface area contributed by atoms with Crippen molar-refractivity contribution in [3.63, 3.8) is 0 Å². The van der Waals surface area contributed by atoms with E-state index in [9.17, 15) is 4.79 Å².